The van der Waals surface area contributed by atoms with Gasteiger partial charge in [-0.1, -0.05) is 29.8 Å². The fraction of sp³-hybridized carbons (Fsp3) is 0.467. The number of hydrogen-bond acceptors (Lipinski definition) is 2. The average molecular weight is 280 g/mol. The van der Waals surface area contributed by atoms with Crippen LogP contribution < -0.4 is 5.32 Å². The van der Waals surface area contributed by atoms with Gasteiger partial charge in [0.25, 0.3) is 0 Å². The number of ketones is 1. The average Bonchev–Trinajstić information content (AvgIpc) is 2.41. The number of nitrogens with one attached hydrogen (secondary N) is 1. The van der Waals surface area contributed by atoms with Gasteiger partial charge in [0, 0.05) is 6.42 Å². The van der Waals surface area contributed by atoms with Crippen molar-refractivity contribution in [2.45, 2.75) is 38.1 Å². The molecular formula is C15H18ClNO2. The number of aryl methyl sites for hydroxylation is 1. The first kappa shape index (κ1) is 14.1. The van der Waals surface area contributed by atoms with E-state index in [0.717, 1.165) is 24.0 Å². The van der Waals surface area contributed by atoms with E-state index in [-0.39, 0.29) is 17.6 Å². The minimum atomic E-state index is -0.879. The lowest BCUT2D eigenvalue weighted by Gasteiger charge is -2.37. The molecule has 0 aromatic heterocycles. The van der Waals surface area contributed by atoms with Gasteiger partial charge in [0.15, 0.2) is 5.78 Å². The highest BCUT2D eigenvalue weighted by Crippen LogP contribution is 2.34. The summed E-state index contributed by atoms with van der Waals surface area (Å²) in [6.07, 6.45) is 2.99. The van der Waals surface area contributed by atoms with Crippen LogP contribution in [0.1, 0.15) is 36.8 Å². The Balaban J connectivity index is 2.44. The highest BCUT2D eigenvalue weighted by Gasteiger charge is 2.42. The van der Waals surface area contributed by atoms with Gasteiger partial charge in [0.2, 0.25) is 5.91 Å². The van der Waals surface area contributed by atoms with Gasteiger partial charge in [0.05, 0.1) is 0 Å². The molecule has 1 aliphatic carbocycles. The van der Waals surface area contributed by atoms with Crippen LogP contribution in [-0.4, -0.2) is 17.6 Å². The number of amides is 1. The Morgan fingerprint density at radius 1 is 1.42 bits per heavy atom. The molecule has 3 nitrogen and oxygen atoms in total. The number of carbonyl (C=O) groups is 2. The van der Waals surface area contributed by atoms with Gasteiger partial charge < -0.3 is 5.32 Å². The molecule has 0 aliphatic heterocycles. The lowest BCUT2D eigenvalue weighted by atomic mass is 9.75. The number of Topliss-reactive ketones (excluding diaryl/α,β-unsaturated/α-hetero) is 1. The van der Waals surface area contributed by atoms with Gasteiger partial charge in [-0.15, -0.1) is 11.6 Å². The van der Waals surface area contributed by atoms with Crippen LogP contribution in [0.5, 0.6) is 0 Å². The van der Waals surface area contributed by atoms with Crippen molar-refractivity contribution in [3.63, 3.8) is 0 Å². The lowest BCUT2D eigenvalue weighted by Crippen LogP contribution is -2.53. The zero-order valence-corrected chi connectivity index (χ0v) is 11.8. The van der Waals surface area contributed by atoms with Crippen molar-refractivity contribution >= 4 is 23.3 Å². The highest BCUT2D eigenvalue weighted by atomic mass is 35.5. The van der Waals surface area contributed by atoms with E-state index >= 15 is 0 Å². The zero-order chi connectivity index (χ0) is 13.9. The quantitative estimate of drug-likeness (QED) is 0.865. The molecular weight excluding hydrogens is 262 g/mol. The SMILES string of the molecule is Cc1cccc(C2(NC(=O)CCl)CCCCC2=O)c1. The van der Waals surface area contributed by atoms with Gasteiger partial charge >= 0.3 is 0 Å². The number of carbonyl (C=O) groups excluding carboxylic acids is 2. The molecule has 1 fully saturated rings. The molecule has 0 saturated heterocycles. The molecule has 0 radical (unpaired) electrons. The van der Waals surface area contributed by atoms with Crippen LogP contribution in [0.15, 0.2) is 24.3 Å². The topological polar surface area (TPSA) is 46.2 Å². The Morgan fingerprint density at radius 3 is 2.84 bits per heavy atom. The standard InChI is InChI=1S/C15H18ClNO2/c1-11-5-4-6-12(9-11)15(17-14(19)10-16)8-3-2-7-13(15)18/h4-6,9H,2-3,7-8,10H2,1H3,(H,17,19). The minimum Gasteiger partial charge on any atom is -0.339 e. The predicted octanol–water partition coefficient (Wildman–Crippen LogP) is 2.69. The molecule has 1 unspecified atom stereocenters. The van der Waals surface area contributed by atoms with Gasteiger partial charge in [-0.3, -0.25) is 9.59 Å². The predicted molar refractivity (Wildman–Crippen MR) is 75.2 cm³/mol. The van der Waals surface area contributed by atoms with E-state index in [9.17, 15) is 9.59 Å². The Hall–Kier alpha value is -1.35. The van der Waals surface area contributed by atoms with Crippen LogP contribution in [0.4, 0.5) is 0 Å². The van der Waals surface area contributed by atoms with Crippen molar-refractivity contribution in [3.05, 3.63) is 35.4 Å². The summed E-state index contributed by atoms with van der Waals surface area (Å²) in [6, 6.07) is 7.78. The summed E-state index contributed by atoms with van der Waals surface area (Å²) in [7, 11) is 0. The van der Waals surface area contributed by atoms with E-state index in [0.29, 0.717) is 12.8 Å². The molecule has 102 valence electrons. The highest BCUT2D eigenvalue weighted by molar-refractivity contribution is 6.27. The number of benzene rings is 1. The second kappa shape index (κ2) is 5.74. The van der Waals surface area contributed by atoms with Gasteiger partial charge in [-0.05, 0) is 31.7 Å². The molecule has 1 atom stereocenters. The van der Waals surface area contributed by atoms with E-state index in [1.54, 1.807) is 0 Å². The first-order valence-corrected chi connectivity index (χ1v) is 7.09. The van der Waals surface area contributed by atoms with E-state index in [1.807, 2.05) is 31.2 Å². The summed E-state index contributed by atoms with van der Waals surface area (Å²) in [5.74, 6) is -0.331. The normalized spacial score (nSPS) is 23.2. The third-order valence-corrected chi connectivity index (χ3v) is 3.91. The molecule has 0 heterocycles. The van der Waals surface area contributed by atoms with Gasteiger partial charge in [-0.2, -0.15) is 0 Å². The maximum atomic E-state index is 12.4. The molecule has 19 heavy (non-hydrogen) atoms. The molecule has 4 heteroatoms. The fourth-order valence-electron chi connectivity index (χ4n) is 2.72. The maximum Gasteiger partial charge on any atom is 0.235 e. The summed E-state index contributed by atoms with van der Waals surface area (Å²) in [5, 5.41) is 2.85. The maximum absolute atomic E-state index is 12.4. The summed E-state index contributed by atoms with van der Waals surface area (Å²) in [6.45, 7) is 1.98. The third kappa shape index (κ3) is 2.81. The Kier molecular flexibility index (Phi) is 4.25. The first-order chi connectivity index (χ1) is 9.08. The molecule has 1 amide bonds. The van der Waals surface area contributed by atoms with Crippen molar-refractivity contribution in [1.29, 1.82) is 0 Å². The summed E-state index contributed by atoms with van der Waals surface area (Å²) >= 11 is 5.58. The number of rotatable bonds is 3. The minimum absolute atomic E-state index is 0.0859. The van der Waals surface area contributed by atoms with Crippen LogP contribution >= 0.6 is 11.6 Å². The Morgan fingerprint density at radius 2 is 2.21 bits per heavy atom. The van der Waals surface area contributed by atoms with Crippen LogP contribution in [0.2, 0.25) is 0 Å². The second-order valence-corrected chi connectivity index (χ2v) is 5.35. The summed E-state index contributed by atoms with van der Waals surface area (Å²) in [5.41, 5.74) is 1.07. The second-order valence-electron chi connectivity index (χ2n) is 5.09. The molecule has 1 saturated carbocycles. The van der Waals surface area contributed by atoms with E-state index in [4.69, 9.17) is 11.6 Å². The van der Waals surface area contributed by atoms with Gasteiger partial charge in [0.1, 0.15) is 11.4 Å². The number of hydrogen-bond donors (Lipinski definition) is 1. The third-order valence-electron chi connectivity index (χ3n) is 3.67. The number of alkyl halides is 1. The summed E-state index contributed by atoms with van der Waals surface area (Å²) < 4.78 is 0. The van der Waals surface area contributed by atoms with Crippen LogP contribution in [0.25, 0.3) is 0 Å². The van der Waals surface area contributed by atoms with Crippen molar-refractivity contribution in [3.8, 4) is 0 Å². The Labute approximate surface area is 118 Å². The van der Waals surface area contributed by atoms with E-state index in [2.05, 4.69) is 5.32 Å². The summed E-state index contributed by atoms with van der Waals surface area (Å²) in [4.78, 5) is 24.1. The van der Waals surface area contributed by atoms with Crippen LogP contribution in [0.3, 0.4) is 0 Å². The molecule has 1 N–H and O–H groups in total. The molecule has 0 bridgehead atoms. The smallest absolute Gasteiger partial charge is 0.235 e. The lowest BCUT2D eigenvalue weighted by molar-refractivity contribution is -0.133. The van der Waals surface area contributed by atoms with Crippen molar-refractivity contribution in [1.82, 2.24) is 5.32 Å². The van der Waals surface area contributed by atoms with Crippen LogP contribution in [0, 0.1) is 6.92 Å². The molecule has 0 spiro atoms. The molecule has 1 aliphatic rings. The van der Waals surface area contributed by atoms with Crippen LogP contribution in [-0.2, 0) is 15.1 Å². The molecule has 1 aromatic carbocycles. The van der Waals surface area contributed by atoms with Crippen molar-refractivity contribution < 1.29 is 9.59 Å². The van der Waals surface area contributed by atoms with E-state index in [1.165, 1.54) is 0 Å². The van der Waals surface area contributed by atoms with Crippen molar-refractivity contribution in [2.24, 2.45) is 0 Å². The van der Waals surface area contributed by atoms with E-state index < -0.39 is 5.54 Å². The number of halogens is 1. The molecule has 1 aromatic rings. The zero-order valence-electron chi connectivity index (χ0n) is 11.0. The first-order valence-electron chi connectivity index (χ1n) is 6.56. The van der Waals surface area contributed by atoms with Gasteiger partial charge in [-0.25, -0.2) is 0 Å². The monoisotopic (exact) mass is 279 g/mol. The fourth-order valence-corrected chi connectivity index (χ4v) is 2.79. The Bertz CT molecular complexity index is 501. The van der Waals surface area contributed by atoms with Crippen molar-refractivity contribution in [2.75, 3.05) is 5.88 Å². The largest absolute Gasteiger partial charge is 0.339 e. The molecule has 2 rings (SSSR count).